The summed E-state index contributed by atoms with van der Waals surface area (Å²) in [7, 11) is 0. The van der Waals surface area contributed by atoms with E-state index in [9.17, 15) is 0 Å². The molecule has 0 nitrogen and oxygen atoms in total. The maximum absolute atomic E-state index is 2.26. The highest BCUT2D eigenvalue weighted by Crippen LogP contribution is 2.24. The topological polar surface area (TPSA) is 0 Å². The lowest BCUT2D eigenvalue weighted by Crippen LogP contribution is -1.81. The zero-order valence-electron chi connectivity index (χ0n) is 10.5. The molecule has 0 spiro atoms. The van der Waals surface area contributed by atoms with Crippen LogP contribution in [0.4, 0.5) is 0 Å². The monoisotopic (exact) mass is 222 g/mol. The van der Waals surface area contributed by atoms with Crippen LogP contribution in [0, 0.1) is 0 Å². The summed E-state index contributed by atoms with van der Waals surface area (Å²) in [6.45, 7) is 4.00. The molecule has 0 saturated heterocycles. The number of fused-ring (bicyclic) bond motifs is 2. The molecule has 2 aromatic rings. The second-order valence-corrected chi connectivity index (χ2v) is 3.87. The Kier molecular flexibility index (Phi) is 3.77. The second-order valence-electron chi connectivity index (χ2n) is 3.87. The van der Waals surface area contributed by atoms with Gasteiger partial charge in [-0.15, -0.1) is 0 Å². The average molecular weight is 222 g/mol. The Bertz CT molecular complexity index is 509. The Hall–Kier alpha value is -1.82. The van der Waals surface area contributed by atoms with Crippen molar-refractivity contribution in [3.8, 4) is 0 Å². The van der Waals surface area contributed by atoms with Crippen molar-refractivity contribution in [1.82, 2.24) is 0 Å². The highest BCUT2D eigenvalue weighted by atomic mass is 14.1. The minimum Gasteiger partial charge on any atom is -0.0801 e. The number of allylic oxidation sites excluding steroid dienone is 2. The second kappa shape index (κ2) is 5.49. The van der Waals surface area contributed by atoms with Crippen molar-refractivity contribution < 1.29 is 0 Å². The first kappa shape index (κ1) is 11.7. The lowest BCUT2D eigenvalue weighted by molar-refractivity contribution is 1.44. The Morgan fingerprint density at radius 1 is 0.765 bits per heavy atom. The van der Waals surface area contributed by atoms with Crippen LogP contribution >= 0.6 is 0 Å². The molecule has 0 aromatic heterocycles. The van der Waals surface area contributed by atoms with Gasteiger partial charge in [-0.3, -0.25) is 0 Å². The lowest BCUT2D eigenvalue weighted by atomic mass is 10.0. The van der Waals surface area contributed by atoms with E-state index in [2.05, 4.69) is 60.7 Å². The quantitative estimate of drug-likeness (QED) is 0.567. The molecule has 0 aliphatic heterocycles. The van der Waals surface area contributed by atoms with Gasteiger partial charge in [-0.25, -0.2) is 0 Å². The fraction of sp³-hybridized carbons (Fsp3) is 0.176. The van der Waals surface area contributed by atoms with E-state index in [0.29, 0.717) is 0 Å². The van der Waals surface area contributed by atoms with Gasteiger partial charge in [-0.05, 0) is 40.5 Å². The molecule has 0 N–H and O–H groups in total. The largest absolute Gasteiger partial charge is 0.0801 e. The van der Waals surface area contributed by atoms with Gasteiger partial charge in [0.05, 0.1) is 0 Å². The van der Waals surface area contributed by atoms with E-state index in [1.807, 2.05) is 13.8 Å². The minimum atomic E-state index is 1.03. The molecule has 1 aliphatic carbocycles. The minimum absolute atomic E-state index is 1.03. The van der Waals surface area contributed by atoms with Crippen molar-refractivity contribution in [1.29, 1.82) is 0 Å². The molecule has 86 valence electrons. The normalized spacial score (nSPS) is 12.6. The van der Waals surface area contributed by atoms with Gasteiger partial charge in [0, 0.05) is 0 Å². The van der Waals surface area contributed by atoms with Crippen LogP contribution in [0.2, 0.25) is 0 Å². The third-order valence-electron chi connectivity index (χ3n) is 2.82. The van der Waals surface area contributed by atoms with Crippen molar-refractivity contribution in [2.24, 2.45) is 0 Å². The molecule has 0 atom stereocenters. The molecule has 17 heavy (non-hydrogen) atoms. The summed E-state index contributed by atoms with van der Waals surface area (Å²) in [5.41, 5.74) is 2.64. The third kappa shape index (κ3) is 2.47. The van der Waals surface area contributed by atoms with Gasteiger partial charge in [-0.1, -0.05) is 62.4 Å². The first-order valence-electron chi connectivity index (χ1n) is 6.29. The van der Waals surface area contributed by atoms with Gasteiger partial charge in [0.2, 0.25) is 0 Å². The number of rotatable bonds is 0. The van der Waals surface area contributed by atoms with Gasteiger partial charge in [-0.2, -0.15) is 0 Å². The highest BCUT2D eigenvalue weighted by Gasteiger charge is 2.01. The van der Waals surface area contributed by atoms with Gasteiger partial charge in [0.15, 0.2) is 0 Å². The first-order valence-corrected chi connectivity index (χ1v) is 6.29. The molecule has 0 unspecified atom stereocenters. The smallest absolute Gasteiger partial charge is 0.0162 e. The van der Waals surface area contributed by atoms with E-state index in [0.717, 1.165) is 6.42 Å². The first-order chi connectivity index (χ1) is 8.43. The number of hydrogen-bond acceptors (Lipinski definition) is 0. The van der Waals surface area contributed by atoms with E-state index in [-0.39, 0.29) is 0 Å². The molecule has 0 fully saturated rings. The summed E-state index contributed by atoms with van der Waals surface area (Å²) in [5, 5.41) is 2.63. The van der Waals surface area contributed by atoms with Crippen molar-refractivity contribution in [2.45, 2.75) is 20.3 Å². The van der Waals surface area contributed by atoms with Crippen LogP contribution in [-0.2, 0) is 0 Å². The molecular formula is C17H18. The fourth-order valence-corrected chi connectivity index (χ4v) is 2.03. The third-order valence-corrected chi connectivity index (χ3v) is 2.82. The van der Waals surface area contributed by atoms with Crippen molar-refractivity contribution in [3.63, 3.8) is 0 Å². The summed E-state index contributed by atoms with van der Waals surface area (Å²) in [4.78, 5) is 0. The molecular weight excluding hydrogens is 204 g/mol. The number of benzene rings is 2. The van der Waals surface area contributed by atoms with Crippen LogP contribution in [0.1, 0.15) is 31.4 Å². The Morgan fingerprint density at radius 2 is 1.24 bits per heavy atom. The summed E-state index contributed by atoms with van der Waals surface area (Å²) >= 11 is 0. The van der Waals surface area contributed by atoms with E-state index in [4.69, 9.17) is 0 Å². The molecule has 0 radical (unpaired) electrons. The molecule has 0 amide bonds. The fourth-order valence-electron chi connectivity index (χ4n) is 2.03. The van der Waals surface area contributed by atoms with Gasteiger partial charge in [0.1, 0.15) is 0 Å². The van der Waals surface area contributed by atoms with Crippen LogP contribution in [-0.4, -0.2) is 0 Å². The standard InChI is InChI=1S/C15H12.C2H6/c1-2-6-12-10-14-8-4-5-9-15(14)11-13(12)7-3-1;1-2/h2-11H,1H2;1-2H3. The van der Waals surface area contributed by atoms with E-state index in [1.165, 1.54) is 21.9 Å². The summed E-state index contributed by atoms with van der Waals surface area (Å²) in [6.07, 6.45) is 9.86. The van der Waals surface area contributed by atoms with Crippen LogP contribution in [0.3, 0.4) is 0 Å². The molecule has 2 aromatic carbocycles. The molecule has 0 heterocycles. The van der Waals surface area contributed by atoms with Crippen LogP contribution in [0.15, 0.2) is 48.6 Å². The van der Waals surface area contributed by atoms with Crippen LogP contribution in [0.5, 0.6) is 0 Å². The van der Waals surface area contributed by atoms with E-state index >= 15 is 0 Å². The summed E-state index contributed by atoms with van der Waals surface area (Å²) in [6, 6.07) is 13.0. The maximum atomic E-state index is 2.26. The van der Waals surface area contributed by atoms with Crippen LogP contribution < -0.4 is 0 Å². The van der Waals surface area contributed by atoms with E-state index < -0.39 is 0 Å². The summed E-state index contributed by atoms with van der Waals surface area (Å²) < 4.78 is 0. The van der Waals surface area contributed by atoms with Crippen molar-refractivity contribution in [2.75, 3.05) is 0 Å². The molecule has 0 heteroatoms. The van der Waals surface area contributed by atoms with Crippen molar-refractivity contribution in [3.05, 3.63) is 59.7 Å². The molecule has 1 aliphatic rings. The lowest BCUT2D eigenvalue weighted by Gasteiger charge is -2.03. The average Bonchev–Trinajstić information content (AvgIpc) is 2.63. The maximum Gasteiger partial charge on any atom is -0.0162 e. The van der Waals surface area contributed by atoms with Gasteiger partial charge >= 0.3 is 0 Å². The molecule has 3 rings (SSSR count). The van der Waals surface area contributed by atoms with Crippen molar-refractivity contribution >= 4 is 22.9 Å². The Balaban J connectivity index is 0.000000514. The Labute approximate surface area is 103 Å². The highest BCUT2D eigenvalue weighted by molar-refractivity contribution is 5.88. The number of hydrogen-bond donors (Lipinski definition) is 0. The van der Waals surface area contributed by atoms with E-state index in [1.54, 1.807) is 0 Å². The summed E-state index contributed by atoms with van der Waals surface area (Å²) in [5.74, 6) is 0. The zero-order valence-corrected chi connectivity index (χ0v) is 10.5. The predicted octanol–water partition coefficient (Wildman–Crippen LogP) is 5.30. The van der Waals surface area contributed by atoms with Gasteiger partial charge in [0.25, 0.3) is 0 Å². The molecule has 0 saturated carbocycles. The zero-order chi connectivity index (χ0) is 12.1. The predicted molar refractivity (Wildman–Crippen MR) is 78.0 cm³/mol. The molecule has 0 bridgehead atoms. The Morgan fingerprint density at radius 3 is 1.71 bits per heavy atom. The SMILES string of the molecule is C1=Cc2cc3ccccc3cc2C=CC1.CC. The van der Waals surface area contributed by atoms with Crippen LogP contribution in [0.25, 0.3) is 22.9 Å². The van der Waals surface area contributed by atoms with Gasteiger partial charge < -0.3 is 0 Å².